The van der Waals surface area contributed by atoms with Crippen LogP contribution in [0.3, 0.4) is 0 Å². The van der Waals surface area contributed by atoms with E-state index in [1.54, 1.807) is 7.11 Å². The van der Waals surface area contributed by atoms with Gasteiger partial charge in [-0.2, -0.15) is 4.98 Å². The van der Waals surface area contributed by atoms with Gasteiger partial charge in [-0.05, 0) is 18.2 Å². The van der Waals surface area contributed by atoms with Gasteiger partial charge in [-0.1, -0.05) is 28.0 Å². The largest absolute Gasteiger partial charge is 0.496 e. The summed E-state index contributed by atoms with van der Waals surface area (Å²) in [6.45, 7) is 1.95. The third kappa shape index (κ3) is 2.54. The maximum Gasteiger partial charge on any atom is 0.226 e. The topological polar surface area (TPSA) is 74.2 Å². The molecule has 18 heavy (non-hydrogen) atoms. The van der Waals surface area contributed by atoms with Crippen LogP contribution < -0.4 is 10.5 Å². The summed E-state index contributed by atoms with van der Waals surface area (Å²) in [7, 11) is 1.60. The molecule has 0 bridgehead atoms. The Balaban J connectivity index is 2.38. The summed E-state index contributed by atoms with van der Waals surface area (Å²) >= 11 is 3.41. The molecule has 0 radical (unpaired) electrons. The summed E-state index contributed by atoms with van der Waals surface area (Å²) in [6, 6.07) is 5.16. The molecule has 0 saturated carbocycles. The van der Waals surface area contributed by atoms with Crippen LogP contribution in [-0.4, -0.2) is 17.3 Å². The standard InChI is InChI=1S/C12H14BrN3O2/c1-3-10-15-12(16-18-10)11(14)8-6-7(13)4-5-9(8)17-2/h4-6,11H,3,14H2,1-2H3. The van der Waals surface area contributed by atoms with E-state index in [2.05, 4.69) is 26.1 Å². The molecule has 0 aliphatic rings. The lowest BCUT2D eigenvalue weighted by Gasteiger charge is -2.12. The van der Waals surface area contributed by atoms with Crippen LogP contribution in [0, 0.1) is 0 Å². The predicted molar refractivity (Wildman–Crippen MR) is 70.4 cm³/mol. The summed E-state index contributed by atoms with van der Waals surface area (Å²) in [5.41, 5.74) is 6.96. The van der Waals surface area contributed by atoms with E-state index in [9.17, 15) is 0 Å². The Kier molecular flexibility index (Phi) is 3.98. The first-order valence-corrected chi connectivity index (χ1v) is 6.36. The third-order valence-corrected chi connectivity index (χ3v) is 3.08. The molecule has 2 aromatic rings. The van der Waals surface area contributed by atoms with Crippen molar-refractivity contribution in [3.63, 3.8) is 0 Å². The minimum atomic E-state index is -0.471. The first kappa shape index (κ1) is 13.0. The number of benzene rings is 1. The predicted octanol–water partition coefficient (Wildman–Crippen LogP) is 2.45. The number of ether oxygens (including phenoxy) is 1. The molecule has 1 heterocycles. The van der Waals surface area contributed by atoms with Gasteiger partial charge in [0.05, 0.1) is 13.2 Å². The van der Waals surface area contributed by atoms with Crippen molar-refractivity contribution < 1.29 is 9.26 Å². The van der Waals surface area contributed by atoms with Crippen LogP contribution in [0.25, 0.3) is 0 Å². The van der Waals surface area contributed by atoms with Crippen LogP contribution in [0.1, 0.15) is 30.2 Å². The van der Waals surface area contributed by atoms with Gasteiger partial charge in [0.1, 0.15) is 5.75 Å². The van der Waals surface area contributed by atoms with Crippen LogP contribution in [-0.2, 0) is 6.42 Å². The van der Waals surface area contributed by atoms with Crippen molar-refractivity contribution in [2.75, 3.05) is 7.11 Å². The summed E-state index contributed by atoms with van der Waals surface area (Å²) < 4.78 is 11.3. The number of aryl methyl sites for hydroxylation is 1. The van der Waals surface area contributed by atoms with E-state index >= 15 is 0 Å². The Morgan fingerprint density at radius 1 is 1.50 bits per heavy atom. The van der Waals surface area contributed by atoms with Crippen molar-refractivity contribution in [2.24, 2.45) is 5.73 Å². The fourth-order valence-corrected chi connectivity index (χ4v) is 2.00. The van der Waals surface area contributed by atoms with E-state index in [1.165, 1.54) is 0 Å². The van der Waals surface area contributed by atoms with Gasteiger partial charge in [-0.15, -0.1) is 0 Å². The molecule has 1 atom stereocenters. The molecular weight excluding hydrogens is 298 g/mol. The van der Waals surface area contributed by atoms with E-state index in [4.69, 9.17) is 15.0 Å². The number of aromatic nitrogens is 2. The minimum absolute atomic E-state index is 0.461. The van der Waals surface area contributed by atoms with E-state index < -0.39 is 6.04 Å². The third-order valence-electron chi connectivity index (χ3n) is 2.59. The number of methoxy groups -OCH3 is 1. The van der Waals surface area contributed by atoms with Gasteiger partial charge in [0.15, 0.2) is 5.82 Å². The second-order valence-corrected chi connectivity index (χ2v) is 4.68. The number of halogens is 1. The molecule has 0 aliphatic heterocycles. The van der Waals surface area contributed by atoms with Crippen LogP contribution in [0.5, 0.6) is 5.75 Å². The molecule has 0 saturated heterocycles. The van der Waals surface area contributed by atoms with Crippen LogP contribution >= 0.6 is 15.9 Å². The molecule has 96 valence electrons. The van der Waals surface area contributed by atoms with Crippen molar-refractivity contribution in [1.82, 2.24) is 10.1 Å². The average Bonchev–Trinajstić information content (AvgIpc) is 2.86. The Morgan fingerprint density at radius 3 is 2.89 bits per heavy atom. The highest BCUT2D eigenvalue weighted by Crippen LogP contribution is 2.29. The average molecular weight is 312 g/mol. The van der Waals surface area contributed by atoms with E-state index in [0.717, 1.165) is 10.0 Å². The second kappa shape index (κ2) is 5.49. The highest BCUT2D eigenvalue weighted by molar-refractivity contribution is 9.10. The highest BCUT2D eigenvalue weighted by atomic mass is 79.9. The molecule has 0 aliphatic carbocycles. The number of nitrogens with two attached hydrogens (primary N) is 1. The first-order valence-electron chi connectivity index (χ1n) is 5.57. The zero-order chi connectivity index (χ0) is 13.1. The van der Waals surface area contributed by atoms with Crippen LogP contribution in [0.2, 0.25) is 0 Å². The summed E-state index contributed by atoms with van der Waals surface area (Å²) in [6.07, 6.45) is 0.690. The molecule has 0 spiro atoms. The number of hydrogen-bond acceptors (Lipinski definition) is 5. The zero-order valence-corrected chi connectivity index (χ0v) is 11.8. The van der Waals surface area contributed by atoms with Gasteiger partial charge in [0, 0.05) is 16.5 Å². The van der Waals surface area contributed by atoms with Crippen molar-refractivity contribution in [1.29, 1.82) is 0 Å². The minimum Gasteiger partial charge on any atom is -0.496 e. The molecular formula is C12H14BrN3O2. The van der Waals surface area contributed by atoms with Gasteiger partial charge in [0.2, 0.25) is 5.89 Å². The van der Waals surface area contributed by atoms with Crippen molar-refractivity contribution in [3.8, 4) is 5.75 Å². The van der Waals surface area contributed by atoms with Crippen molar-refractivity contribution >= 4 is 15.9 Å². The van der Waals surface area contributed by atoms with Gasteiger partial charge in [0.25, 0.3) is 0 Å². The Labute approximate surface area is 113 Å². The van der Waals surface area contributed by atoms with Crippen molar-refractivity contribution in [2.45, 2.75) is 19.4 Å². The Morgan fingerprint density at radius 2 is 2.28 bits per heavy atom. The maximum atomic E-state index is 6.14. The van der Waals surface area contributed by atoms with Gasteiger partial charge in [-0.3, -0.25) is 0 Å². The lowest BCUT2D eigenvalue weighted by atomic mass is 10.1. The molecule has 5 nitrogen and oxygen atoms in total. The summed E-state index contributed by atoms with van der Waals surface area (Å²) in [5, 5.41) is 3.89. The van der Waals surface area contributed by atoms with Crippen LogP contribution in [0.15, 0.2) is 27.2 Å². The maximum absolute atomic E-state index is 6.14. The van der Waals surface area contributed by atoms with Gasteiger partial charge >= 0.3 is 0 Å². The molecule has 1 aromatic carbocycles. The lowest BCUT2D eigenvalue weighted by molar-refractivity contribution is 0.373. The van der Waals surface area contributed by atoms with Gasteiger partial charge in [-0.25, -0.2) is 0 Å². The van der Waals surface area contributed by atoms with Crippen LogP contribution in [0.4, 0.5) is 0 Å². The quantitative estimate of drug-likeness (QED) is 0.938. The van der Waals surface area contributed by atoms with E-state index in [-0.39, 0.29) is 0 Å². The monoisotopic (exact) mass is 311 g/mol. The van der Waals surface area contributed by atoms with E-state index in [1.807, 2.05) is 25.1 Å². The number of nitrogens with zero attached hydrogens (tertiary/aromatic N) is 2. The fraction of sp³-hybridized carbons (Fsp3) is 0.333. The molecule has 1 unspecified atom stereocenters. The molecule has 2 rings (SSSR count). The second-order valence-electron chi connectivity index (χ2n) is 3.76. The van der Waals surface area contributed by atoms with E-state index in [0.29, 0.717) is 23.9 Å². The molecule has 1 aromatic heterocycles. The first-order chi connectivity index (χ1) is 8.65. The highest BCUT2D eigenvalue weighted by Gasteiger charge is 2.19. The number of rotatable bonds is 4. The summed E-state index contributed by atoms with van der Waals surface area (Å²) in [5.74, 6) is 1.74. The molecule has 2 N–H and O–H groups in total. The van der Waals surface area contributed by atoms with Crippen molar-refractivity contribution in [3.05, 3.63) is 40.0 Å². The Bertz CT molecular complexity index is 542. The smallest absolute Gasteiger partial charge is 0.226 e. The molecule has 0 fully saturated rings. The Hall–Kier alpha value is -1.40. The SMILES string of the molecule is CCc1nc(C(N)c2cc(Br)ccc2OC)no1. The van der Waals surface area contributed by atoms with Gasteiger partial charge < -0.3 is 15.0 Å². The molecule has 0 amide bonds. The number of hydrogen-bond donors (Lipinski definition) is 1. The summed E-state index contributed by atoms with van der Waals surface area (Å²) in [4.78, 5) is 4.24. The fourth-order valence-electron chi connectivity index (χ4n) is 1.63. The normalized spacial score (nSPS) is 12.4. The molecule has 6 heteroatoms. The lowest BCUT2D eigenvalue weighted by Crippen LogP contribution is -2.14. The zero-order valence-electron chi connectivity index (χ0n) is 10.2.